The molecular weight excluding hydrogens is 843 g/mol. The van der Waals surface area contributed by atoms with E-state index in [1.165, 1.54) is 49.2 Å². The zero-order valence-electron chi connectivity index (χ0n) is 37.1. The van der Waals surface area contributed by atoms with E-state index in [9.17, 15) is 34.2 Å². The number of thioether (sulfide) groups is 1. The van der Waals surface area contributed by atoms with Crippen molar-refractivity contribution in [2.75, 3.05) is 18.8 Å². The Morgan fingerprint density at radius 2 is 1.67 bits per heavy atom. The first kappa shape index (κ1) is 47.7. The summed E-state index contributed by atoms with van der Waals surface area (Å²) in [6.07, 6.45) is -7.51. The number of fused-ring (bicyclic) bond motifs is 5. The summed E-state index contributed by atoms with van der Waals surface area (Å²) in [5.74, 6) is -5.88. The van der Waals surface area contributed by atoms with Crippen molar-refractivity contribution in [3.8, 4) is 0 Å². The third-order valence-electron chi connectivity index (χ3n) is 12.9. The number of esters is 4. The lowest BCUT2D eigenvalue weighted by atomic mass is 9.44. The van der Waals surface area contributed by atoms with E-state index < -0.39 is 118 Å². The Hall–Kier alpha value is -4.75. The first-order valence-electron chi connectivity index (χ1n) is 20.7. The summed E-state index contributed by atoms with van der Waals surface area (Å²) in [4.78, 5) is 83.7. The molecule has 2 bridgehead atoms. The zero-order valence-corrected chi connectivity index (χ0v) is 37.9. The number of hydrogen-bond donors (Lipinski definition) is 3. The number of hydrogen-bond acceptors (Lipinski definition) is 17. The third-order valence-corrected chi connectivity index (χ3v) is 13.2. The van der Waals surface area contributed by atoms with Crippen molar-refractivity contribution in [1.82, 2.24) is 5.32 Å². The van der Waals surface area contributed by atoms with Gasteiger partial charge in [0.05, 0.1) is 41.8 Å². The Morgan fingerprint density at radius 1 is 0.984 bits per heavy atom. The van der Waals surface area contributed by atoms with Gasteiger partial charge in [-0.25, -0.2) is 14.4 Å². The van der Waals surface area contributed by atoms with E-state index >= 15 is 4.79 Å². The number of furan rings is 1. The van der Waals surface area contributed by atoms with Crippen LogP contribution in [0.5, 0.6) is 0 Å². The third kappa shape index (κ3) is 8.64. The van der Waals surface area contributed by atoms with Crippen LogP contribution in [-0.4, -0.2) is 118 Å². The van der Waals surface area contributed by atoms with Crippen molar-refractivity contribution in [3.05, 3.63) is 71.2 Å². The molecule has 1 aromatic heterocycles. The van der Waals surface area contributed by atoms with Gasteiger partial charge in [0.25, 0.3) is 0 Å². The molecule has 18 heteroatoms. The van der Waals surface area contributed by atoms with E-state index in [-0.39, 0.29) is 41.4 Å². The number of amides is 1. The van der Waals surface area contributed by atoms with Gasteiger partial charge in [-0.1, -0.05) is 32.0 Å². The van der Waals surface area contributed by atoms with Gasteiger partial charge < -0.3 is 53.1 Å². The Balaban J connectivity index is 1.56. The molecule has 1 amide bonds. The van der Waals surface area contributed by atoms with Crippen LogP contribution >= 0.6 is 11.8 Å². The molecule has 0 spiro atoms. The quantitative estimate of drug-likeness (QED) is 0.113. The summed E-state index contributed by atoms with van der Waals surface area (Å²) in [5, 5.41) is 27.9. The first-order valence-corrected chi connectivity index (χ1v) is 22.1. The molecule has 3 N–H and O–H groups in total. The average molecular weight is 900 g/mol. The molecule has 1 aromatic carbocycles. The number of ether oxygens (including phenoxy) is 7. The summed E-state index contributed by atoms with van der Waals surface area (Å²) < 4.78 is 48.0. The Labute approximate surface area is 369 Å². The standard InChI is InChI=1S/C45H57NO16S/c1-23-28(59-39(52)33(49)32(27-17-14-18-55-27)46-40(53)62-41(4,5)6)20-45(54)37(60-38(51)26-15-12-11-13-16-26)35-43(9,36(50)34(58-24(2)47)31(23)42(45,7)8)29(57-22-63-10)19-30-44(35,21-56-30)61-25(3)48/h11-18,28-30,32-35,37,49,54H,19-22H2,1-10H3,(H,46,53)/t28-,29-,30+,32-,33+,34+,35?,37-,43+,44-,45+/m0/s1. The molecule has 4 aliphatic rings. The maximum absolute atomic E-state index is 15.9. The van der Waals surface area contributed by atoms with Crippen molar-refractivity contribution in [1.29, 1.82) is 0 Å². The zero-order chi connectivity index (χ0) is 46.4. The summed E-state index contributed by atoms with van der Waals surface area (Å²) in [6, 6.07) is 9.32. The van der Waals surface area contributed by atoms with Crippen LogP contribution in [0, 0.1) is 16.7 Å². The maximum Gasteiger partial charge on any atom is 0.408 e. The van der Waals surface area contributed by atoms with Crippen LogP contribution in [0.3, 0.4) is 0 Å². The molecule has 11 atom stereocenters. The summed E-state index contributed by atoms with van der Waals surface area (Å²) in [6.45, 7) is 13.2. The number of benzene rings is 1. The number of carbonyl (C=O) groups excluding carboxylic acids is 6. The number of nitrogens with one attached hydrogen (secondary N) is 1. The Bertz CT molecular complexity index is 2110. The highest BCUT2D eigenvalue weighted by Crippen LogP contribution is 2.65. The number of carbonyl (C=O) groups is 6. The molecule has 63 heavy (non-hydrogen) atoms. The molecule has 3 aliphatic carbocycles. The smallest absolute Gasteiger partial charge is 0.408 e. The molecule has 0 radical (unpaired) electrons. The number of Topliss-reactive ketones (excluding diaryl/α,β-unsaturated/α-hetero) is 1. The molecule has 2 aromatic rings. The van der Waals surface area contributed by atoms with Gasteiger partial charge in [0, 0.05) is 32.1 Å². The van der Waals surface area contributed by atoms with Crippen LogP contribution in [-0.2, 0) is 52.3 Å². The topological polar surface area (TPSA) is 233 Å². The largest absolute Gasteiger partial charge is 0.467 e. The highest BCUT2D eigenvalue weighted by Gasteiger charge is 2.78. The van der Waals surface area contributed by atoms with Crippen LogP contribution in [0.4, 0.5) is 4.79 Å². The van der Waals surface area contributed by atoms with E-state index in [1.54, 1.807) is 72.9 Å². The second kappa shape index (κ2) is 17.7. The minimum Gasteiger partial charge on any atom is -0.467 e. The van der Waals surface area contributed by atoms with Gasteiger partial charge in [-0.15, -0.1) is 11.8 Å². The van der Waals surface area contributed by atoms with E-state index in [0.29, 0.717) is 0 Å². The lowest BCUT2D eigenvalue weighted by molar-refractivity contribution is -0.347. The SMILES string of the molecule is CSCO[C@H]1C[C@H]2OC[C@@]2(OC(C)=O)C2[C@H](OC(=O)c3ccccc3)[C@]3(O)C[C@H](OC(=O)[C@H](O)[C@@H](NC(=O)OC(C)(C)C)c4ccco4)C(C)=C([C@@H](OC(C)=O)C(=O)[C@@]21C)C3(C)C. The average Bonchev–Trinajstić information content (AvgIpc) is 3.73. The van der Waals surface area contributed by atoms with Crippen molar-refractivity contribution in [3.63, 3.8) is 0 Å². The highest BCUT2D eigenvalue weighted by molar-refractivity contribution is 7.98. The summed E-state index contributed by atoms with van der Waals surface area (Å²) >= 11 is 1.33. The fourth-order valence-electron chi connectivity index (χ4n) is 9.94. The maximum atomic E-state index is 15.9. The number of aliphatic hydroxyl groups excluding tert-OH is 1. The van der Waals surface area contributed by atoms with Crippen molar-refractivity contribution in [2.24, 2.45) is 16.7 Å². The van der Waals surface area contributed by atoms with Crippen molar-refractivity contribution < 1.29 is 76.6 Å². The number of aliphatic hydroxyl groups is 2. The van der Waals surface area contributed by atoms with Gasteiger partial charge >= 0.3 is 30.0 Å². The monoisotopic (exact) mass is 899 g/mol. The van der Waals surface area contributed by atoms with E-state index in [2.05, 4.69) is 5.32 Å². The van der Waals surface area contributed by atoms with Crippen LogP contribution in [0.25, 0.3) is 0 Å². The van der Waals surface area contributed by atoms with Gasteiger partial charge in [-0.05, 0) is 76.3 Å². The summed E-state index contributed by atoms with van der Waals surface area (Å²) in [5.41, 5.74) is -8.19. The fourth-order valence-corrected chi connectivity index (χ4v) is 10.2. The van der Waals surface area contributed by atoms with Gasteiger partial charge in [0.15, 0.2) is 23.6 Å². The number of alkyl carbamates (subject to hydrolysis) is 1. The molecule has 1 saturated heterocycles. The molecular formula is C45H57NO16S. The predicted octanol–water partition coefficient (Wildman–Crippen LogP) is 4.77. The lowest BCUT2D eigenvalue weighted by Gasteiger charge is -2.67. The molecule has 1 unspecified atom stereocenters. The molecule has 2 saturated carbocycles. The van der Waals surface area contributed by atoms with Gasteiger partial charge in [0.2, 0.25) is 0 Å². The number of ketones is 1. The number of rotatable bonds is 12. The molecule has 344 valence electrons. The van der Waals surface area contributed by atoms with E-state index in [4.69, 9.17) is 37.6 Å². The Morgan fingerprint density at radius 3 is 2.22 bits per heavy atom. The second-order valence-corrected chi connectivity index (χ2v) is 19.1. The second-order valence-electron chi connectivity index (χ2n) is 18.3. The molecule has 2 heterocycles. The predicted molar refractivity (Wildman–Crippen MR) is 223 cm³/mol. The van der Waals surface area contributed by atoms with Gasteiger partial charge in [0.1, 0.15) is 41.3 Å². The first-order chi connectivity index (χ1) is 29.4. The normalized spacial score (nSPS) is 31.9. The highest BCUT2D eigenvalue weighted by atomic mass is 32.2. The molecule has 17 nitrogen and oxygen atoms in total. The van der Waals surface area contributed by atoms with Gasteiger partial charge in [-0.3, -0.25) is 14.4 Å². The minimum absolute atomic E-state index is 0.0229. The van der Waals surface area contributed by atoms with Crippen molar-refractivity contribution >= 4 is 47.5 Å². The fraction of sp³-hybridized carbons (Fsp3) is 0.600. The van der Waals surface area contributed by atoms with Gasteiger partial charge in [-0.2, -0.15) is 0 Å². The van der Waals surface area contributed by atoms with Crippen molar-refractivity contribution in [2.45, 2.75) is 135 Å². The van der Waals surface area contributed by atoms with E-state index in [1.807, 2.05) is 0 Å². The lowest BCUT2D eigenvalue weighted by Crippen LogP contribution is -2.82. The van der Waals surface area contributed by atoms with Crippen LogP contribution in [0.2, 0.25) is 0 Å². The minimum atomic E-state index is -2.36. The van der Waals surface area contributed by atoms with Crippen LogP contribution < -0.4 is 5.32 Å². The molecule has 3 fully saturated rings. The summed E-state index contributed by atoms with van der Waals surface area (Å²) in [7, 11) is 0. The van der Waals surface area contributed by atoms with Crippen LogP contribution in [0.1, 0.15) is 97.3 Å². The molecule has 6 rings (SSSR count). The Kier molecular flexibility index (Phi) is 13.4. The molecule has 1 aliphatic heterocycles. The van der Waals surface area contributed by atoms with Crippen LogP contribution in [0.15, 0.2) is 64.3 Å². The van der Waals surface area contributed by atoms with E-state index in [0.717, 1.165) is 6.92 Å².